The maximum atomic E-state index is 15.4. The smallest absolute Gasteiger partial charge is 0.341 e. The fraction of sp³-hybridized carbons (Fsp3) is 0.474. The van der Waals surface area contributed by atoms with Gasteiger partial charge in [0.1, 0.15) is 17.1 Å². The molecule has 0 atom stereocenters. The van der Waals surface area contributed by atoms with E-state index in [4.69, 9.17) is 0 Å². The van der Waals surface area contributed by atoms with E-state index in [1.165, 1.54) is 4.57 Å². The first kappa shape index (κ1) is 17.9. The van der Waals surface area contributed by atoms with E-state index in [1.807, 2.05) is 0 Å². The Bertz CT molecular complexity index is 998. The molecule has 1 spiro atoms. The summed E-state index contributed by atoms with van der Waals surface area (Å²) in [5, 5.41) is 12.4. The largest absolute Gasteiger partial charge is 0.477 e. The Labute approximate surface area is 154 Å². The maximum Gasteiger partial charge on any atom is 0.341 e. The number of halogens is 2. The fourth-order valence-corrected chi connectivity index (χ4v) is 4.25. The number of hydrogen-bond acceptors (Lipinski definition) is 4. The lowest BCUT2D eigenvalue weighted by Crippen LogP contribution is -2.64. The standard InChI is InChI=1S/C19H21F2N3O3/c1-2-23-9-12(18(26)27)17(25)11-8-13(20)16(14(21)15(11)23)24-7-6-22-19(10-24)4-3-5-19/h8-9,22H,2-7,10H2,1H3,(H,26,27). The second-order valence-electron chi connectivity index (χ2n) is 7.36. The number of fused-ring (bicyclic) bond motifs is 1. The van der Waals surface area contributed by atoms with E-state index in [0.29, 0.717) is 19.6 Å². The second-order valence-corrected chi connectivity index (χ2v) is 7.36. The molecule has 1 aromatic carbocycles. The topological polar surface area (TPSA) is 74.6 Å². The van der Waals surface area contributed by atoms with E-state index in [2.05, 4.69) is 5.32 Å². The number of carboxylic acids is 1. The van der Waals surface area contributed by atoms with Crippen molar-refractivity contribution in [1.29, 1.82) is 0 Å². The number of hydrogen-bond donors (Lipinski definition) is 2. The minimum atomic E-state index is -1.41. The fourth-order valence-electron chi connectivity index (χ4n) is 4.25. The van der Waals surface area contributed by atoms with Crippen LogP contribution in [0.5, 0.6) is 0 Å². The normalized spacial score (nSPS) is 18.7. The first-order valence-corrected chi connectivity index (χ1v) is 9.15. The van der Waals surface area contributed by atoms with E-state index in [9.17, 15) is 19.1 Å². The van der Waals surface area contributed by atoms with Crippen molar-refractivity contribution in [3.8, 4) is 0 Å². The predicted molar refractivity (Wildman–Crippen MR) is 97.6 cm³/mol. The number of benzene rings is 1. The summed E-state index contributed by atoms with van der Waals surface area (Å²) in [6.45, 7) is 3.58. The van der Waals surface area contributed by atoms with Crippen LogP contribution in [0.2, 0.25) is 0 Å². The number of nitrogens with zero attached hydrogens (tertiary/aromatic N) is 2. The molecule has 1 aromatic heterocycles. The molecule has 2 aromatic rings. The average Bonchev–Trinajstić information content (AvgIpc) is 2.61. The molecule has 1 aliphatic heterocycles. The minimum Gasteiger partial charge on any atom is -0.477 e. The van der Waals surface area contributed by atoms with Crippen molar-refractivity contribution in [2.75, 3.05) is 24.5 Å². The van der Waals surface area contributed by atoms with Gasteiger partial charge in [-0.25, -0.2) is 13.6 Å². The number of aryl methyl sites for hydroxylation is 1. The van der Waals surface area contributed by atoms with Crippen LogP contribution >= 0.6 is 0 Å². The number of aromatic carboxylic acids is 1. The third-order valence-electron chi connectivity index (χ3n) is 5.80. The third-order valence-corrected chi connectivity index (χ3v) is 5.80. The van der Waals surface area contributed by atoms with Crippen LogP contribution in [-0.2, 0) is 6.54 Å². The molecule has 0 amide bonds. The number of nitrogens with one attached hydrogen (secondary N) is 1. The molecule has 0 radical (unpaired) electrons. The number of rotatable bonds is 3. The van der Waals surface area contributed by atoms with Crippen molar-refractivity contribution in [2.45, 2.75) is 38.3 Å². The van der Waals surface area contributed by atoms with Gasteiger partial charge < -0.3 is 19.9 Å². The van der Waals surface area contributed by atoms with Crippen molar-refractivity contribution in [3.05, 3.63) is 39.7 Å². The molecular weight excluding hydrogens is 356 g/mol. The van der Waals surface area contributed by atoms with Gasteiger partial charge in [-0.15, -0.1) is 0 Å². The van der Waals surface area contributed by atoms with Crippen LogP contribution in [0.1, 0.15) is 36.5 Å². The van der Waals surface area contributed by atoms with Gasteiger partial charge in [0.2, 0.25) is 5.43 Å². The Kier molecular flexibility index (Phi) is 4.18. The van der Waals surface area contributed by atoms with Gasteiger partial charge in [0.05, 0.1) is 10.9 Å². The summed E-state index contributed by atoms with van der Waals surface area (Å²) < 4.78 is 31.7. The number of carbonyl (C=O) groups is 1. The van der Waals surface area contributed by atoms with Gasteiger partial charge in [0, 0.05) is 37.9 Å². The molecule has 1 saturated heterocycles. The monoisotopic (exact) mass is 377 g/mol. The average molecular weight is 377 g/mol. The Morgan fingerprint density at radius 3 is 2.70 bits per heavy atom. The molecular formula is C19H21F2N3O3. The van der Waals surface area contributed by atoms with E-state index >= 15 is 4.39 Å². The number of aromatic nitrogens is 1. The summed E-state index contributed by atoms with van der Waals surface area (Å²) in [7, 11) is 0. The Morgan fingerprint density at radius 2 is 2.11 bits per heavy atom. The lowest BCUT2D eigenvalue weighted by molar-refractivity contribution is 0.0694. The molecule has 1 aliphatic carbocycles. The molecule has 2 fully saturated rings. The summed E-state index contributed by atoms with van der Waals surface area (Å²) in [6.07, 6.45) is 4.17. The zero-order chi connectivity index (χ0) is 19.3. The summed E-state index contributed by atoms with van der Waals surface area (Å²) in [6, 6.07) is 0.976. The van der Waals surface area contributed by atoms with Crippen LogP contribution in [0.4, 0.5) is 14.5 Å². The SMILES string of the molecule is CCn1cc(C(=O)O)c(=O)c2cc(F)c(N3CCNC4(CCC4)C3)c(F)c21. The van der Waals surface area contributed by atoms with Crippen LogP contribution in [0.3, 0.4) is 0 Å². The van der Waals surface area contributed by atoms with Crippen LogP contribution in [0, 0.1) is 11.6 Å². The summed E-state index contributed by atoms with van der Waals surface area (Å²) >= 11 is 0. The maximum absolute atomic E-state index is 15.4. The Morgan fingerprint density at radius 1 is 1.37 bits per heavy atom. The van der Waals surface area contributed by atoms with Gasteiger partial charge in [0.15, 0.2) is 5.82 Å². The highest BCUT2D eigenvalue weighted by atomic mass is 19.1. The number of piperazine rings is 1. The molecule has 0 unspecified atom stereocenters. The van der Waals surface area contributed by atoms with Crippen LogP contribution < -0.4 is 15.6 Å². The highest BCUT2D eigenvalue weighted by Gasteiger charge is 2.41. The minimum absolute atomic E-state index is 0.0508. The van der Waals surface area contributed by atoms with Crippen molar-refractivity contribution in [3.63, 3.8) is 0 Å². The van der Waals surface area contributed by atoms with E-state index < -0.39 is 28.6 Å². The van der Waals surface area contributed by atoms with E-state index in [0.717, 1.165) is 31.5 Å². The molecule has 2 N–H and O–H groups in total. The molecule has 6 nitrogen and oxygen atoms in total. The first-order valence-electron chi connectivity index (χ1n) is 9.15. The lowest BCUT2D eigenvalue weighted by Gasteiger charge is -2.50. The lowest BCUT2D eigenvalue weighted by atomic mass is 9.75. The predicted octanol–water partition coefficient (Wildman–Crippen LogP) is 2.33. The summed E-state index contributed by atoms with van der Waals surface area (Å²) in [5.74, 6) is -3.06. The third kappa shape index (κ3) is 2.70. The van der Waals surface area contributed by atoms with Gasteiger partial charge in [-0.3, -0.25) is 4.79 Å². The first-order chi connectivity index (χ1) is 12.9. The van der Waals surface area contributed by atoms with Crippen molar-refractivity contribution in [2.24, 2.45) is 0 Å². The van der Waals surface area contributed by atoms with Gasteiger partial charge in [-0.05, 0) is 32.3 Å². The molecule has 8 heteroatoms. The van der Waals surface area contributed by atoms with Crippen molar-refractivity contribution >= 4 is 22.6 Å². The van der Waals surface area contributed by atoms with Gasteiger partial charge in [0.25, 0.3) is 0 Å². The van der Waals surface area contributed by atoms with E-state index in [-0.39, 0.29) is 28.7 Å². The van der Waals surface area contributed by atoms with Crippen LogP contribution in [0.25, 0.3) is 10.9 Å². The molecule has 4 rings (SSSR count). The van der Waals surface area contributed by atoms with Gasteiger partial charge >= 0.3 is 5.97 Å². The highest BCUT2D eigenvalue weighted by molar-refractivity contribution is 5.93. The number of carboxylic acid groups (broad SMARTS) is 1. The molecule has 27 heavy (non-hydrogen) atoms. The zero-order valence-electron chi connectivity index (χ0n) is 15.0. The quantitative estimate of drug-likeness (QED) is 0.859. The molecule has 144 valence electrons. The molecule has 2 heterocycles. The zero-order valence-corrected chi connectivity index (χ0v) is 15.0. The van der Waals surface area contributed by atoms with Crippen molar-refractivity contribution < 1.29 is 18.7 Å². The Balaban J connectivity index is 1.92. The van der Waals surface area contributed by atoms with Gasteiger partial charge in [-0.2, -0.15) is 0 Å². The molecule has 0 bridgehead atoms. The van der Waals surface area contributed by atoms with Gasteiger partial charge in [-0.1, -0.05) is 0 Å². The van der Waals surface area contributed by atoms with Crippen LogP contribution in [0.15, 0.2) is 17.1 Å². The second kappa shape index (κ2) is 6.30. The Hall–Kier alpha value is -2.48. The van der Waals surface area contributed by atoms with E-state index in [1.54, 1.807) is 11.8 Å². The molecule has 2 aliphatic rings. The summed E-state index contributed by atoms with van der Waals surface area (Å²) in [4.78, 5) is 25.5. The summed E-state index contributed by atoms with van der Waals surface area (Å²) in [5.41, 5.74) is -1.65. The van der Waals surface area contributed by atoms with Crippen LogP contribution in [-0.4, -0.2) is 40.8 Å². The highest BCUT2D eigenvalue weighted by Crippen LogP contribution is 2.38. The number of pyridine rings is 1. The number of anilines is 1. The van der Waals surface area contributed by atoms with Crippen molar-refractivity contribution in [1.82, 2.24) is 9.88 Å². The molecule has 1 saturated carbocycles.